The third-order valence-corrected chi connectivity index (χ3v) is 3.09. The van der Waals surface area contributed by atoms with Crippen LogP contribution in [0.1, 0.15) is 39.5 Å². The summed E-state index contributed by atoms with van der Waals surface area (Å²) in [6.45, 7) is 4.36. The number of rotatable bonds is 8. The predicted octanol–water partition coefficient (Wildman–Crippen LogP) is 2.79. The van der Waals surface area contributed by atoms with Crippen molar-refractivity contribution in [2.45, 2.75) is 57.8 Å². The van der Waals surface area contributed by atoms with Gasteiger partial charge in [-0.25, -0.2) is 0 Å². The van der Waals surface area contributed by atoms with Crippen LogP contribution in [-0.4, -0.2) is 42.8 Å². The molecule has 0 aromatic rings. The maximum absolute atomic E-state index is 12.4. The minimum atomic E-state index is -4.09. The van der Waals surface area contributed by atoms with Crippen molar-refractivity contribution in [3.8, 4) is 0 Å². The van der Waals surface area contributed by atoms with Gasteiger partial charge in [0.25, 0.3) is 0 Å². The van der Waals surface area contributed by atoms with Gasteiger partial charge in [0.1, 0.15) is 0 Å². The molecule has 0 saturated heterocycles. The number of nitrogens with one attached hydrogen (secondary N) is 1. The van der Waals surface area contributed by atoms with E-state index in [2.05, 4.69) is 5.32 Å². The van der Waals surface area contributed by atoms with Crippen LogP contribution < -0.4 is 5.32 Å². The molecular formula is C12H23F3N2. The zero-order chi connectivity index (χ0) is 12.9. The predicted molar refractivity (Wildman–Crippen MR) is 63.0 cm³/mol. The highest BCUT2D eigenvalue weighted by atomic mass is 19.4. The quantitative estimate of drug-likeness (QED) is 0.714. The summed E-state index contributed by atoms with van der Waals surface area (Å²) in [7, 11) is 0. The van der Waals surface area contributed by atoms with Crippen molar-refractivity contribution in [2.24, 2.45) is 0 Å². The van der Waals surface area contributed by atoms with E-state index >= 15 is 0 Å². The first kappa shape index (κ1) is 14.8. The smallest absolute Gasteiger partial charge is 0.314 e. The summed E-state index contributed by atoms with van der Waals surface area (Å²) < 4.78 is 37.2. The van der Waals surface area contributed by atoms with Gasteiger partial charge in [-0.15, -0.1) is 0 Å². The lowest BCUT2D eigenvalue weighted by molar-refractivity contribution is -0.150. The Hall–Kier alpha value is -0.290. The molecule has 0 aromatic carbocycles. The third-order valence-electron chi connectivity index (χ3n) is 3.09. The Balaban J connectivity index is 2.27. The Morgan fingerprint density at radius 2 is 2.00 bits per heavy atom. The molecule has 0 amide bonds. The molecule has 0 spiro atoms. The molecule has 0 aromatic heterocycles. The summed E-state index contributed by atoms with van der Waals surface area (Å²) in [5, 5.41) is 3.34. The summed E-state index contributed by atoms with van der Waals surface area (Å²) in [5.41, 5.74) is 0. The lowest BCUT2D eigenvalue weighted by Crippen LogP contribution is -2.42. The average Bonchev–Trinajstić information content (AvgIpc) is 2.99. The van der Waals surface area contributed by atoms with Crippen molar-refractivity contribution in [3.05, 3.63) is 0 Å². The Labute approximate surface area is 102 Å². The second-order valence-corrected chi connectivity index (χ2v) is 4.95. The molecule has 1 rings (SSSR count). The van der Waals surface area contributed by atoms with Gasteiger partial charge < -0.3 is 5.32 Å². The van der Waals surface area contributed by atoms with Crippen LogP contribution in [-0.2, 0) is 0 Å². The molecule has 0 heterocycles. The fraction of sp³-hybridized carbons (Fsp3) is 1.00. The summed E-state index contributed by atoms with van der Waals surface area (Å²) in [5.74, 6) is 0. The van der Waals surface area contributed by atoms with Crippen LogP contribution in [0.5, 0.6) is 0 Å². The minimum Gasteiger partial charge on any atom is -0.314 e. The van der Waals surface area contributed by atoms with E-state index in [1.54, 1.807) is 0 Å². The number of hydrogen-bond donors (Lipinski definition) is 1. The number of hydrogen-bond acceptors (Lipinski definition) is 2. The van der Waals surface area contributed by atoms with Crippen molar-refractivity contribution < 1.29 is 13.2 Å². The first-order valence-corrected chi connectivity index (χ1v) is 6.46. The highest BCUT2D eigenvalue weighted by Gasteiger charge is 2.32. The van der Waals surface area contributed by atoms with E-state index < -0.39 is 12.7 Å². The Morgan fingerprint density at radius 3 is 2.47 bits per heavy atom. The monoisotopic (exact) mass is 252 g/mol. The molecule has 1 aliphatic rings. The van der Waals surface area contributed by atoms with Crippen molar-refractivity contribution in [2.75, 3.05) is 19.6 Å². The van der Waals surface area contributed by atoms with E-state index in [-0.39, 0.29) is 6.04 Å². The zero-order valence-corrected chi connectivity index (χ0v) is 10.7. The van der Waals surface area contributed by atoms with Gasteiger partial charge in [0.2, 0.25) is 0 Å². The first-order chi connectivity index (χ1) is 7.92. The van der Waals surface area contributed by atoms with Crippen LogP contribution in [0.2, 0.25) is 0 Å². The summed E-state index contributed by atoms with van der Waals surface area (Å²) >= 11 is 0. The van der Waals surface area contributed by atoms with Gasteiger partial charge in [-0.2, -0.15) is 13.2 Å². The van der Waals surface area contributed by atoms with E-state index in [0.29, 0.717) is 12.6 Å². The maximum Gasteiger partial charge on any atom is 0.401 e. The van der Waals surface area contributed by atoms with Crippen LogP contribution in [0.15, 0.2) is 0 Å². The summed E-state index contributed by atoms with van der Waals surface area (Å²) in [6.07, 6.45) is -0.110. The molecule has 1 fully saturated rings. The minimum absolute atomic E-state index is 0.0113. The summed E-state index contributed by atoms with van der Waals surface area (Å²) in [4.78, 5) is 1.54. The molecule has 1 N–H and O–H groups in total. The van der Waals surface area contributed by atoms with E-state index in [9.17, 15) is 13.2 Å². The molecule has 102 valence electrons. The van der Waals surface area contributed by atoms with Crippen molar-refractivity contribution in [3.63, 3.8) is 0 Å². The van der Waals surface area contributed by atoms with Crippen LogP contribution in [0.25, 0.3) is 0 Å². The lowest BCUT2D eigenvalue weighted by Gasteiger charge is -2.29. The highest BCUT2D eigenvalue weighted by molar-refractivity contribution is 4.81. The second-order valence-electron chi connectivity index (χ2n) is 4.95. The Morgan fingerprint density at radius 1 is 1.35 bits per heavy atom. The average molecular weight is 252 g/mol. The van der Waals surface area contributed by atoms with Gasteiger partial charge in [0, 0.05) is 12.1 Å². The third kappa shape index (κ3) is 6.88. The molecule has 0 radical (unpaired) electrons. The molecule has 1 atom stereocenters. The topological polar surface area (TPSA) is 15.3 Å². The van der Waals surface area contributed by atoms with Gasteiger partial charge in [-0.05, 0) is 45.7 Å². The van der Waals surface area contributed by atoms with Crippen molar-refractivity contribution in [1.82, 2.24) is 10.2 Å². The Kier molecular flexibility index (Phi) is 5.73. The molecule has 0 aliphatic heterocycles. The Bertz CT molecular complexity index is 214. The maximum atomic E-state index is 12.4. The first-order valence-electron chi connectivity index (χ1n) is 6.46. The number of alkyl halides is 3. The van der Waals surface area contributed by atoms with Gasteiger partial charge in [0.05, 0.1) is 6.54 Å². The fourth-order valence-electron chi connectivity index (χ4n) is 1.94. The molecule has 1 aliphatic carbocycles. The second kappa shape index (κ2) is 6.59. The highest BCUT2D eigenvalue weighted by Crippen LogP contribution is 2.20. The molecule has 1 unspecified atom stereocenters. The SMILES string of the molecule is CCCN(CC(F)(F)F)C(C)CCNC1CC1. The van der Waals surface area contributed by atoms with E-state index in [1.165, 1.54) is 17.7 Å². The lowest BCUT2D eigenvalue weighted by atomic mass is 10.2. The van der Waals surface area contributed by atoms with Crippen LogP contribution in [0, 0.1) is 0 Å². The van der Waals surface area contributed by atoms with Gasteiger partial charge >= 0.3 is 6.18 Å². The fourth-order valence-corrected chi connectivity index (χ4v) is 1.94. The molecule has 2 nitrogen and oxygen atoms in total. The van der Waals surface area contributed by atoms with Crippen LogP contribution in [0.4, 0.5) is 13.2 Å². The van der Waals surface area contributed by atoms with E-state index in [0.717, 1.165) is 19.4 Å². The van der Waals surface area contributed by atoms with Gasteiger partial charge in [-0.3, -0.25) is 4.90 Å². The number of halogens is 3. The van der Waals surface area contributed by atoms with Crippen molar-refractivity contribution >= 4 is 0 Å². The summed E-state index contributed by atoms with van der Waals surface area (Å²) in [6, 6.07) is 0.618. The zero-order valence-electron chi connectivity index (χ0n) is 10.7. The number of nitrogens with zero attached hydrogens (tertiary/aromatic N) is 1. The molecule has 17 heavy (non-hydrogen) atoms. The molecule has 0 bridgehead atoms. The van der Waals surface area contributed by atoms with Crippen LogP contribution in [0.3, 0.4) is 0 Å². The largest absolute Gasteiger partial charge is 0.401 e. The van der Waals surface area contributed by atoms with E-state index in [4.69, 9.17) is 0 Å². The van der Waals surface area contributed by atoms with Gasteiger partial charge in [0.15, 0.2) is 0 Å². The molecular weight excluding hydrogens is 229 g/mol. The molecule has 5 heteroatoms. The standard InChI is InChI=1S/C12H23F3N2/c1-3-8-17(9-12(13,14)15)10(2)6-7-16-11-4-5-11/h10-11,16H,3-9H2,1-2H3. The van der Waals surface area contributed by atoms with Crippen LogP contribution >= 0.6 is 0 Å². The molecule has 1 saturated carbocycles. The van der Waals surface area contributed by atoms with E-state index in [1.807, 2.05) is 13.8 Å². The van der Waals surface area contributed by atoms with Gasteiger partial charge in [-0.1, -0.05) is 6.92 Å². The van der Waals surface area contributed by atoms with Crippen molar-refractivity contribution in [1.29, 1.82) is 0 Å². The normalized spacial score (nSPS) is 18.7.